The molecule has 19 heavy (non-hydrogen) atoms. The minimum absolute atomic E-state index is 0.0433. The highest BCUT2D eigenvalue weighted by Crippen LogP contribution is 2.27. The Kier molecular flexibility index (Phi) is 3.66. The second-order valence-corrected chi connectivity index (χ2v) is 3.73. The number of carbonyl (C=O) groups is 1. The van der Waals surface area contributed by atoms with E-state index in [1.807, 2.05) is 0 Å². The Morgan fingerprint density at radius 2 is 1.89 bits per heavy atom. The summed E-state index contributed by atoms with van der Waals surface area (Å²) in [4.78, 5) is 10.7. The molecular formula is C14H11FO4. The maximum atomic E-state index is 13.7. The van der Waals surface area contributed by atoms with Crippen LogP contribution in [0.4, 0.5) is 4.39 Å². The lowest BCUT2D eigenvalue weighted by Crippen LogP contribution is -1.98. The van der Waals surface area contributed by atoms with Crippen LogP contribution in [0.2, 0.25) is 0 Å². The molecule has 2 rings (SSSR count). The van der Waals surface area contributed by atoms with Crippen LogP contribution >= 0.6 is 0 Å². The minimum Gasteiger partial charge on any atom is -0.497 e. The number of benzene rings is 2. The highest BCUT2D eigenvalue weighted by atomic mass is 19.1. The van der Waals surface area contributed by atoms with E-state index in [0.29, 0.717) is 11.5 Å². The van der Waals surface area contributed by atoms with Crippen molar-refractivity contribution in [3.63, 3.8) is 0 Å². The number of halogens is 1. The zero-order chi connectivity index (χ0) is 13.8. The topological polar surface area (TPSA) is 55.8 Å². The van der Waals surface area contributed by atoms with Crippen molar-refractivity contribution in [1.82, 2.24) is 0 Å². The Bertz CT molecular complexity index is 610. The second-order valence-electron chi connectivity index (χ2n) is 3.73. The van der Waals surface area contributed by atoms with Crippen molar-refractivity contribution >= 4 is 5.97 Å². The molecule has 0 saturated carbocycles. The van der Waals surface area contributed by atoms with Gasteiger partial charge in [-0.25, -0.2) is 9.18 Å². The van der Waals surface area contributed by atoms with Crippen LogP contribution in [0, 0.1) is 5.82 Å². The molecule has 0 fully saturated rings. The van der Waals surface area contributed by atoms with E-state index in [9.17, 15) is 9.18 Å². The van der Waals surface area contributed by atoms with Crippen molar-refractivity contribution in [2.24, 2.45) is 0 Å². The van der Waals surface area contributed by atoms with Gasteiger partial charge < -0.3 is 14.6 Å². The SMILES string of the molecule is COc1cccc(Oc2ccc(C(=O)O)cc2F)c1. The quantitative estimate of drug-likeness (QED) is 0.918. The van der Waals surface area contributed by atoms with E-state index in [4.69, 9.17) is 14.6 Å². The minimum atomic E-state index is -1.19. The summed E-state index contributed by atoms with van der Waals surface area (Å²) in [6, 6.07) is 10.2. The van der Waals surface area contributed by atoms with Crippen molar-refractivity contribution in [3.05, 3.63) is 53.8 Å². The van der Waals surface area contributed by atoms with Crippen molar-refractivity contribution in [2.75, 3.05) is 7.11 Å². The Morgan fingerprint density at radius 1 is 1.16 bits per heavy atom. The number of carboxylic acid groups (broad SMARTS) is 1. The predicted octanol–water partition coefficient (Wildman–Crippen LogP) is 3.32. The first-order valence-corrected chi connectivity index (χ1v) is 5.45. The fourth-order valence-corrected chi connectivity index (χ4v) is 1.51. The average molecular weight is 262 g/mol. The maximum absolute atomic E-state index is 13.7. The largest absolute Gasteiger partial charge is 0.497 e. The smallest absolute Gasteiger partial charge is 0.335 e. The Morgan fingerprint density at radius 3 is 2.53 bits per heavy atom. The molecule has 1 N–H and O–H groups in total. The van der Waals surface area contributed by atoms with Gasteiger partial charge in [0.15, 0.2) is 11.6 Å². The summed E-state index contributed by atoms with van der Waals surface area (Å²) in [7, 11) is 1.52. The third-order valence-corrected chi connectivity index (χ3v) is 2.45. The number of methoxy groups -OCH3 is 1. The van der Waals surface area contributed by atoms with Gasteiger partial charge in [0.2, 0.25) is 0 Å². The van der Waals surface area contributed by atoms with Gasteiger partial charge >= 0.3 is 5.97 Å². The molecule has 0 unspecified atom stereocenters. The predicted molar refractivity (Wildman–Crippen MR) is 66.4 cm³/mol. The third kappa shape index (κ3) is 3.01. The van der Waals surface area contributed by atoms with Gasteiger partial charge in [0.25, 0.3) is 0 Å². The van der Waals surface area contributed by atoms with Crippen LogP contribution in [0.25, 0.3) is 0 Å². The van der Waals surface area contributed by atoms with E-state index in [2.05, 4.69) is 0 Å². The third-order valence-electron chi connectivity index (χ3n) is 2.45. The fourth-order valence-electron chi connectivity index (χ4n) is 1.51. The summed E-state index contributed by atoms with van der Waals surface area (Å²) in [5.74, 6) is -0.978. The first-order chi connectivity index (χ1) is 9.10. The summed E-state index contributed by atoms with van der Waals surface area (Å²) in [5.41, 5.74) is -0.129. The maximum Gasteiger partial charge on any atom is 0.335 e. The molecule has 5 heteroatoms. The zero-order valence-electron chi connectivity index (χ0n) is 10.1. The highest BCUT2D eigenvalue weighted by Gasteiger charge is 2.10. The fraction of sp³-hybridized carbons (Fsp3) is 0.0714. The van der Waals surface area contributed by atoms with Crippen molar-refractivity contribution in [1.29, 1.82) is 0 Å². The highest BCUT2D eigenvalue weighted by molar-refractivity contribution is 5.87. The summed E-state index contributed by atoms with van der Waals surface area (Å²) >= 11 is 0. The van der Waals surface area contributed by atoms with Gasteiger partial charge in [-0.2, -0.15) is 0 Å². The van der Waals surface area contributed by atoms with Gasteiger partial charge in [-0.3, -0.25) is 0 Å². The van der Waals surface area contributed by atoms with E-state index >= 15 is 0 Å². The van der Waals surface area contributed by atoms with Gasteiger partial charge in [0.05, 0.1) is 12.7 Å². The van der Waals surface area contributed by atoms with E-state index in [1.165, 1.54) is 19.2 Å². The molecule has 0 aliphatic heterocycles. The Balaban J connectivity index is 2.25. The molecule has 0 aliphatic carbocycles. The number of ether oxygens (including phenoxy) is 2. The van der Waals surface area contributed by atoms with Crippen molar-refractivity contribution < 1.29 is 23.8 Å². The van der Waals surface area contributed by atoms with Crippen LogP contribution in [0.1, 0.15) is 10.4 Å². The molecule has 0 saturated heterocycles. The van der Waals surface area contributed by atoms with Crippen molar-refractivity contribution in [3.8, 4) is 17.2 Å². The molecule has 0 amide bonds. The van der Waals surface area contributed by atoms with Crippen LogP contribution in [0.5, 0.6) is 17.2 Å². The first-order valence-electron chi connectivity index (χ1n) is 5.45. The molecule has 98 valence electrons. The molecule has 0 atom stereocenters. The molecular weight excluding hydrogens is 251 g/mol. The Hall–Kier alpha value is -2.56. The summed E-state index contributed by atoms with van der Waals surface area (Å²) < 4.78 is 24.0. The van der Waals surface area contributed by atoms with Crippen LogP contribution in [-0.4, -0.2) is 18.2 Å². The molecule has 0 spiro atoms. The summed E-state index contributed by atoms with van der Waals surface area (Å²) in [6.45, 7) is 0. The molecule has 0 aromatic heterocycles. The molecule has 0 aliphatic rings. The van der Waals surface area contributed by atoms with Gasteiger partial charge in [-0.05, 0) is 30.3 Å². The number of rotatable bonds is 4. The van der Waals surface area contributed by atoms with Crippen LogP contribution in [0.3, 0.4) is 0 Å². The van der Waals surface area contributed by atoms with Crippen LogP contribution in [-0.2, 0) is 0 Å². The molecule has 0 heterocycles. The monoisotopic (exact) mass is 262 g/mol. The number of aromatic carboxylic acids is 1. The first kappa shape index (κ1) is 12.9. The van der Waals surface area contributed by atoms with Crippen LogP contribution < -0.4 is 9.47 Å². The van der Waals surface area contributed by atoms with Gasteiger partial charge in [-0.1, -0.05) is 6.07 Å². The second kappa shape index (κ2) is 5.39. The van der Waals surface area contributed by atoms with Gasteiger partial charge in [-0.15, -0.1) is 0 Å². The number of hydrogen-bond donors (Lipinski definition) is 1. The number of hydrogen-bond acceptors (Lipinski definition) is 3. The zero-order valence-corrected chi connectivity index (χ0v) is 10.1. The van der Waals surface area contributed by atoms with E-state index in [0.717, 1.165) is 6.07 Å². The standard InChI is InChI=1S/C14H11FO4/c1-18-10-3-2-4-11(8-10)19-13-6-5-9(14(16)17)7-12(13)15/h2-8H,1H3,(H,16,17). The average Bonchev–Trinajstić information content (AvgIpc) is 2.41. The van der Waals surface area contributed by atoms with E-state index in [1.54, 1.807) is 24.3 Å². The molecule has 4 nitrogen and oxygen atoms in total. The van der Waals surface area contributed by atoms with Gasteiger partial charge in [0.1, 0.15) is 11.5 Å². The Labute approximate surface area is 109 Å². The van der Waals surface area contributed by atoms with Crippen molar-refractivity contribution in [2.45, 2.75) is 0 Å². The summed E-state index contributed by atoms with van der Waals surface area (Å²) in [5, 5.41) is 8.73. The van der Waals surface area contributed by atoms with Gasteiger partial charge in [0, 0.05) is 6.07 Å². The number of carboxylic acids is 1. The lowest BCUT2D eigenvalue weighted by Gasteiger charge is -2.08. The molecule has 0 bridgehead atoms. The van der Waals surface area contributed by atoms with Crippen LogP contribution in [0.15, 0.2) is 42.5 Å². The molecule has 0 radical (unpaired) electrons. The summed E-state index contributed by atoms with van der Waals surface area (Å²) in [6.07, 6.45) is 0. The van der Waals surface area contributed by atoms with E-state index in [-0.39, 0.29) is 11.3 Å². The van der Waals surface area contributed by atoms with E-state index < -0.39 is 11.8 Å². The lowest BCUT2D eigenvalue weighted by atomic mass is 10.2. The molecule has 2 aromatic rings. The normalized spacial score (nSPS) is 10.0. The lowest BCUT2D eigenvalue weighted by molar-refractivity contribution is 0.0696. The molecule has 2 aromatic carbocycles.